The topological polar surface area (TPSA) is 43.8 Å². The molecule has 0 saturated heterocycles. The van der Waals surface area contributed by atoms with Gasteiger partial charge in [0.15, 0.2) is 0 Å². The summed E-state index contributed by atoms with van der Waals surface area (Å²) in [5.74, 6) is 0. The highest BCUT2D eigenvalue weighted by molar-refractivity contribution is 9.10. The molecule has 2 aromatic rings. The predicted octanol–water partition coefficient (Wildman–Crippen LogP) is 3.21. The van der Waals surface area contributed by atoms with Crippen LogP contribution in [-0.2, 0) is 13.5 Å². The van der Waals surface area contributed by atoms with E-state index >= 15 is 0 Å². The van der Waals surface area contributed by atoms with E-state index in [1.165, 1.54) is 5.56 Å². The van der Waals surface area contributed by atoms with E-state index in [2.05, 4.69) is 45.3 Å². The number of halogens is 1. The normalized spacial score (nSPS) is 12.6. The summed E-state index contributed by atoms with van der Waals surface area (Å²) in [6.07, 6.45) is 4.92. The van der Waals surface area contributed by atoms with Gasteiger partial charge in [0.25, 0.3) is 0 Å². The van der Waals surface area contributed by atoms with Crippen molar-refractivity contribution in [1.29, 1.82) is 0 Å². The second-order valence-electron chi connectivity index (χ2n) is 4.49. The summed E-state index contributed by atoms with van der Waals surface area (Å²) in [5.41, 5.74) is 8.66. The minimum absolute atomic E-state index is 0.0376. The van der Waals surface area contributed by atoms with E-state index in [-0.39, 0.29) is 6.04 Å². The van der Waals surface area contributed by atoms with Gasteiger partial charge in [-0.15, -0.1) is 0 Å². The molecule has 0 aliphatic heterocycles. The van der Waals surface area contributed by atoms with Gasteiger partial charge >= 0.3 is 0 Å². The molecule has 0 fully saturated rings. The highest BCUT2D eigenvalue weighted by Crippen LogP contribution is 2.24. The Labute approximate surface area is 116 Å². The van der Waals surface area contributed by atoms with Crippen molar-refractivity contribution in [2.45, 2.75) is 25.3 Å². The SMILES string of the molecule is Cn1ncc(Br)c1C(N)CCCc1ccccc1. The van der Waals surface area contributed by atoms with Crippen molar-refractivity contribution < 1.29 is 0 Å². The van der Waals surface area contributed by atoms with Crippen LogP contribution in [0.3, 0.4) is 0 Å². The van der Waals surface area contributed by atoms with Crippen LogP contribution in [0.4, 0.5) is 0 Å². The van der Waals surface area contributed by atoms with Crippen LogP contribution in [0.2, 0.25) is 0 Å². The second kappa shape index (κ2) is 6.16. The zero-order valence-corrected chi connectivity index (χ0v) is 12.1. The Bertz CT molecular complexity index is 473. The average molecular weight is 308 g/mol. The molecule has 4 heteroatoms. The number of rotatable bonds is 5. The summed E-state index contributed by atoms with van der Waals surface area (Å²) in [6.45, 7) is 0. The minimum Gasteiger partial charge on any atom is -0.323 e. The van der Waals surface area contributed by atoms with E-state index in [9.17, 15) is 0 Å². The van der Waals surface area contributed by atoms with Crippen molar-refractivity contribution in [1.82, 2.24) is 9.78 Å². The fourth-order valence-electron chi connectivity index (χ4n) is 2.14. The van der Waals surface area contributed by atoms with Gasteiger partial charge in [0.1, 0.15) is 0 Å². The fourth-order valence-corrected chi connectivity index (χ4v) is 2.79. The Balaban J connectivity index is 1.88. The van der Waals surface area contributed by atoms with Crippen molar-refractivity contribution in [2.24, 2.45) is 12.8 Å². The van der Waals surface area contributed by atoms with Crippen LogP contribution in [0.5, 0.6) is 0 Å². The van der Waals surface area contributed by atoms with E-state index in [0.29, 0.717) is 0 Å². The number of nitrogens with zero attached hydrogens (tertiary/aromatic N) is 2. The summed E-state index contributed by atoms with van der Waals surface area (Å²) in [5, 5.41) is 4.19. The molecule has 0 bridgehead atoms. The lowest BCUT2D eigenvalue weighted by molar-refractivity contribution is 0.558. The number of aromatic nitrogens is 2. The molecule has 0 radical (unpaired) electrons. The first-order valence-electron chi connectivity index (χ1n) is 6.15. The molecule has 0 aliphatic rings. The van der Waals surface area contributed by atoms with Gasteiger partial charge in [-0.05, 0) is 40.8 Å². The fraction of sp³-hybridized carbons (Fsp3) is 0.357. The van der Waals surface area contributed by atoms with Crippen molar-refractivity contribution >= 4 is 15.9 Å². The standard InChI is InChI=1S/C14H18BrN3/c1-18-14(12(15)10-17-18)13(16)9-5-8-11-6-3-2-4-7-11/h2-4,6-7,10,13H,5,8-9,16H2,1H3. The van der Waals surface area contributed by atoms with E-state index in [1.807, 2.05) is 17.8 Å². The Morgan fingerprint density at radius 1 is 1.33 bits per heavy atom. The average Bonchev–Trinajstić information content (AvgIpc) is 2.70. The Kier molecular flexibility index (Phi) is 4.55. The lowest BCUT2D eigenvalue weighted by Crippen LogP contribution is -2.15. The Hall–Kier alpha value is -1.13. The molecule has 18 heavy (non-hydrogen) atoms. The molecule has 1 aromatic heterocycles. The summed E-state index contributed by atoms with van der Waals surface area (Å²) in [6, 6.07) is 10.6. The van der Waals surface area contributed by atoms with Crippen molar-refractivity contribution in [3.63, 3.8) is 0 Å². The van der Waals surface area contributed by atoms with Crippen LogP contribution in [0, 0.1) is 0 Å². The molecule has 2 N–H and O–H groups in total. The zero-order chi connectivity index (χ0) is 13.0. The quantitative estimate of drug-likeness (QED) is 0.922. The highest BCUT2D eigenvalue weighted by Gasteiger charge is 2.14. The van der Waals surface area contributed by atoms with Crippen molar-refractivity contribution in [3.05, 3.63) is 52.3 Å². The summed E-state index contributed by atoms with van der Waals surface area (Å²) >= 11 is 3.49. The minimum atomic E-state index is 0.0376. The molecular formula is C14H18BrN3. The van der Waals surface area contributed by atoms with Gasteiger partial charge in [0, 0.05) is 13.1 Å². The third kappa shape index (κ3) is 3.21. The molecule has 1 unspecified atom stereocenters. The molecule has 0 saturated carbocycles. The van der Waals surface area contributed by atoms with Crippen LogP contribution in [0.1, 0.15) is 30.1 Å². The number of nitrogens with two attached hydrogens (primary N) is 1. The Morgan fingerprint density at radius 3 is 2.67 bits per heavy atom. The Morgan fingerprint density at radius 2 is 2.06 bits per heavy atom. The van der Waals surface area contributed by atoms with Crippen LogP contribution in [0.25, 0.3) is 0 Å². The van der Waals surface area contributed by atoms with E-state index < -0.39 is 0 Å². The molecule has 0 amide bonds. The molecular weight excluding hydrogens is 290 g/mol. The molecule has 96 valence electrons. The van der Waals surface area contributed by atoms with E-state index in [4.69, 9.17) is 5.73 Å². The van der Waals surface area contributed by atoms with Gasteiger partial charge in [0.05, 0.1) is 16.4 Å². The maximum absolute atomic E-state index is 6.21. The van der Waals surface area contributed by atoms with Crippen LogP contribution >= 0.6 is 15.9 Å². The summed E-state index contributed by atoms with van der Waals surface area (Å²) in [7, 11) is 1.93. The number of hydrogen-bond donors (Lipinski definition) is 1. The number of benzene rings is 1. The third-order valence-corrected chi connectivity index (χ3v) is 3.72. The first kappa shape index (κ1) is 13.3. The second-order valence-corrected chi connectivity index (χ2v) is 5.34. The molecule has 3 nitrogen and oxygen atoms in total. The zero-order valence-electron chi connectivity index (χ0n) is 10.5. The van der Waals surface area contributed by atoms with Gasteiger partial charge in [-0.3, -0.25) is 4.68 Å². The molecule has 2 rings (SSSR count). The number of aryl methyl sites for hydroxylation is 2. The van der Waals surface area contributed by atoms with Crippen LogP contribution < -0.4 is 5.73 Å². The molecule has 1 aromatic carbocycles. The van der Waals surface area contributed by atoms with E-state index in [1.54, 1.807) is 6.20 Å². The van der Waals surface area contributed by atoms with Gasteiger partial charge in [-0.25, -0.2) is 0 Å². The van der Waals surface area contributed by atoms with Gasteiger partial charge in [0.2, 0.25) is 0 Å². The van der Waals surface area contributed by atoms with Crippen molar-refractivity contribution in [2.75, 3.05) is 0 Å². The monoisotopic (exact) mass is 307 g/mol. The van der Waals surface area contributed by atoms with Crippen molar-refractivity contribution in [3.8, 4) is 0 Å². The summed E-state index contributed by atoms with van der Waals surface area (Å²) < 4.78 is 2.84. The first-order chi connectivity index (χ1) is 8.68. The van der Waals surface area contributed by atoms with Gasteiger partial charge < -0.3 is 5.73 Å². The first-order valence-corrected chi connectivity index (χ1v) is 6.94. The van der Waals surface area contributed by atoms with E-state index in [0.717, 1.165) is 29.4 Å². The summed E-state index contributed by atoms with van der Waals surface area (Å²) in [4.78, 5) is 0. The molecule has 1 atom stereocenters. The lowest BCUT2D eigenvalue weighted by atomic mass is 10.0. The predicted molar refractivity (Wildman–Crippen MR) is 77.2 cm³/mol. The molecule has 0 spiro atoms. The van der Waals surface area contributed by atoms with Gasteiger partial charge in [-0.2, -0.15) is 5.10 Å². The van der Waals surface area contributed by atoms with Crippen LogP contribution in [-0.4, -0.2) is 9.78 Å². The number of hydrogen-bond acceptors (Lipinski definition) is 2. The van der Waals surface area contributed by atoms with Gasteiger partial charge in [-0.1, -0.05) is 30.3 Å². The maximum Gasteiger partial charge on any atom is 0.0690 e. The van der Waals surface area contributed by atoms with Crippen LogP contribution in [0.15, 0.2) is 41.0 Å². The highest BCUT2D eigenvalue weighted by atomic mass is 79.9. The maximum atomic E-state index is 6.21. The lowest BCUT2D eigenvalue weighted by Gasteiger charge is -2.12. The third-order valence-electron chi connectivity index (χ3n) is 3.11. The molecule has 1 heterocycles. The molecule has 0 aliphatic carbocycles. The smallest absolute Gasteiger partial charge is 0.0690 e. The largest absolute Gasteiger partial charge is 0.323 e.